The molecular weight excluding hydrogens is 574 g/mol. The monoisotopic (exact) mass is 599 g/mol. The van der Waals surface area contributed by atoms with E-state index in [0.29, 0.717) is 5.56 Å². The van der Waals surface area contributed by atoms with Crippen LogP contribution >= 0.6 is 0 Å². The largest absolute Gasteiger partial charge is 0.456 e. The Balaban J connectivity index is 1.27. The zero-order chi connectivity index (χ0) is 31.1. The molecule has 47 heavy (non-hydrogen) atoms. The summed E-state index contributed by atoms with van der Waals surface area (Å²) in [5.74, 6) is 0. The van der Waals surface area contributed by atoms with E-state index in [9.17, 15) is 5.26 Å². The van der Waals surface area contributed by atoms with E-state index in [1.807, 2.05) is 24.3 Å². The Morgan fingerprint density at radius 2 is 1.09 bits per heavy atom. The molecule has 0 unspecified atom stereocenters. The maximum Gasteiger partial charge on any atom is 0.136 e. The number of hydrogen-bond acceptors (Lipinski definition) is 2. The molecule has 0 aliphatic heterocycles. The van der Waals surface area contributed by atoms with Gasteiger partial charge in [-0.25, -0.2) is 0 Å². The van der Waals surface area contributed by atoms with Crippen LogP contribution in [0.1, 0.15) is 5.56 Å². The summed E-state index contributed by atoms with van der Waals surface area (Å²) in [7, 11) is 0. The molecule has 10 aromatic rings. The minimum absolute atomic E-state index is 0.614. The SMILES string of the molecule is N#Cc1cc(-c2ccccc2-n2c3ccccc3c3c4c(ccc32)oc2ccccc24)cc(-n2c3ccccc3c3ccccc32)c1. The lowest BCUT2D eigenvalue weighted by atomic mass is 10.00. The number of para-hydroxylation sites is 5. The fourth-order valence-electron chi connectivity index (χ4n) is 7.61. The lowest BCUT2D eigenvalue weighted by Crippen LogP contribution is -1.99. The molecule has 7 aromatic carbocycles. The first-order chi connectivity index (χ1) is 23.3. The number of nitriles is 1. The van der Waals surface area contributed by atoms with Gasteiger partial charge in [-0.15, -0.1) is 0 Å². The second-order valence-corrected chi connectivity index (χ2v) is 12.1. The standard InChI is InChI=1S/C43H25N3O/c44-26-27-23-28(25-29(24-27)45-36-17-7-2-12-31(36)32-13-3-8-18-37(32)45)30-11-1-6-16-35(30)46-38-19-9-4-14-33(38)42-39(46)21-22-41-43(42)34-15-5-10-20-40(34)47-41/h1-25H. The van der Waals surface area contributed by atoms with Gasteiger partial charge in [0.1, 0.15) is 11.2 Å². The average Bonchev–Trinajstić information content (AvgIpc) is 3.79. The Bertz CT molecular complexity index is 2880. The summed E-state index contributed by atoms with van der Waals surface area (Å²) < 4.78 is 10.9. The van der Waals surface area contributed by atoms with E-state index in [1.165, 1.54) is 21.5 Å². The molecule has 0 fully saturated rings. The fraction of sp³-hybridized carbons (Fsp3) is 0. The highest BCUT2D eigenvalue weighted by atomic mass is 16.3. The van der Waals surface area contributed by atoms with Gasteiger partial charge < -0.3 is 13.6 Å². The molecule has 0 saturated carbocycles. The molecule has 4 nitrogen and oxygen atoms in total. The summed E-state index contributed by atoms with van der Waals surface area (Å²) in [6.45, 7) is 0. The summed E-state index contributed by atoms with van der Waals surface area (Å²) >= 11 is 0. The molecule has 0 radical (unpaired) electrons. The molecular formula is C43H25N3O. The second kappa shape index (κ2) is 9.71. The zero-order valence-corrected chi connectivity index (χ0v) is 25.2. The van der Waals surface area contributed by atoms with Crippen molar-refractivity contribution in [2.75, 3.05) is 0 Å². The van der Waals surface area contributed by atoms with Crippen molar-refractivity contribution in [1.82, 2.24) is 9.13 Å². The zero-order valence-electron chi connectivity index (χ0n) is 25.2. The van der Waals surface area contributed by atoms with Gasteiger partial charge in [0.25, 0.3) is 0 Å². The number of fused-ring (bicyclic) bond motifs is 10. The maximum absolute atomic E-state index is 10.3. The van der Waals surface area contributed by atoms with Gasteiger partial charge in [-0.1, -0.05) is 91.0 Å². The molecule has 0 N–H and O–H groups in total. The van der Waals surface area contributed by atoms with Crippen LogP contribution in [0.15, 0.2) is 156 Å². The van der Waals surface area contributed by atoms with Crippen LogP contribution in [-0.4, -0.2) is 9.13 Å². The fourth-order valence-corrected chi connectivity index (χ4v) is 7.61. The summed E-state index contributed by atoms with van der Waals surface area (Å²) in [4.78, 5) is 0. The summed E-state index contributed by atoms with van der Waals surface area (Å²) in [5.41, 5.74) is 10.9. The second-order valence-electron chi connectivity index (χ2n) is 12.1. The van der Waals surface area contributed by atoms with Gasteiger partial charge in [-0.3, -0.25) is 0 Å². The number of hydrogen-bond donors (Lipinski definition) is 0. The van der Waals surface area contributed by atoms with Gasteiger partial charge in [0, 0.05) is 43.6 Å². The van der Waals surface area contributed by atoms with Gasteiger partial charge in [0.15, 0.2) is 0 Å². The summed E-state index contributed by atoms with van der Waals surface area (Å²) in [6.07, 6.45) is 0. The number of benzene rings is 7. The van der Waals surface area contributed by atoms with Gasteiger partial charge in [0.05, 0.1) is 39.4 Å². The molecule has 0 saturated heterocycles. The van der Waals surface area contributed by atoms with Crippen LogP contribution in [0.25, 0.3) is 88.1 Å². The Hall–Kier alpha value is -6.57. The van der Waals surface area contributed by atoms with Crippen LogP contribution < -0.4 is 0 Å². The highest BCUT2D eigenvalue weighted by Gasteiger charge is 2.21. The van der Waals surface area contributed by atoms with Crippen LogP contribution in [0.3, 0.4) is 0 Å². The van der Waals surface area contributed by atoms with Crippen molar-refractivity contribution >= 4 is 65.6 Å². The number of aromatic nitrogens is 2. The van der Waals surface area contributed by atoms with E-state index in [1.54, 1.807) is 0 Å². The lowest BCUT2D eigenvalue weighted by molar-refractivity contribution is 0.669. The quantitative estimate of drug-likeness (QED) is 0.203. The molecule has 0 atom stereocenters. The predicted octanol–water partition coefficient (Wildman–Crippen LogP) is 11.3. The topological polar surface area (TPSA) is 46.8 Å². The molecule has 10 rings (SSSR count). The normalized spacial score (nSPS) is 11.8. The number of nitrogens with zero attached hydrogens (tertiary/aromatic N) is 3. The molecule has 0 bridgehead atoms. The minimum Gasteiger partial charge on any atom is -0.456 e. The third kappa shape index (κ3) is 3.63. The van der Waals surface area contributed by atoms with Crippen LogP contribution in [0, 0.1) is 11.3 Å². The van der Waals surface area contributed by atoms with Gasteiger partial charge in [0.2, 0.25) is 0 Å². The average molecular weight is 600 g/mol. The van der Waals surface area contributed by atoms with E-state index >= 15 is 0 Å². The Morgan fingerprint density at radius 3 is 1.83 bits per heavy atom. The molecule has 0 amide bonds. The van der Waals surface area contributed by atoms with Crippen molar-refractivity contribution in [2.24, 2.45) is 0 Å². The Kier molecular flexibility index (Phi) is 5.32. The van der Waals surface area contributed by atoms with E-state index in [-0.39, 0.29) is 0 Å². The molecule has 218 valence electrons. The summed E-state index contributed by atoms with van der Waals surface area (Å²) in [6, 6.07) is 55.3. The molecule has 3 aromatic heterocycles. The van der Waals surface area contributed by atoms with Crippen LogP contribution in [0.5, 0.6) is 0 Å². The van der Waals surface area contributed by atoms with Crippen molar-refractivity contribution in [1.29, 1.82) is 5.26 Å². The van der Waals surface area contributed by atoms with Crippen LogP contribution in [-0.2, 0) is 0 Å². The van der Waals surface area contributed by atoms with Crippen molar-refractivity contribution in [2.45, 2.75) is 0 Å². The third-order valence-electron chi connectivity index (χ3n) is 9.52. The van der Waals surface area contributed by atoms with Crippen molar-refractivity contribution in [3.63, 3.8) is 0 Å². The molecule has 4 heteroatoms. The van der Waals surface area contributed by atoms with Gasteiger partial charge in [-0.2, -0.15) is 5.26 Å². The smallest absolute Gasteiger partial charge is 0.136 e. The maximum atomic E-state index is 10.3. The molecule has 0 aliphatic carbocycles. The minimum atomic E-state index is 0.614. The van der Waals surface area contributed by atoms with E-state index < -0.39 is 0 Å². The Morgan fingerprint density at radius 1 is 0.468 bits per heavy atom. The van der Waals surface area contributed by atoms with E-state index in [2.05, 4.69) is 143 Å². The number of furan rings is 1. The molecule has 0 aliphatic rings. The highest BCUT2D eigenvalue weighted by Crippen LogP contribution is 2.43. The first kappa shape index (κ1) is 25.7. The van der Waals surface area contributed by atoms with Crippen LogP contribution in [0.4, 0.5) is 0 Å². The third-order valence-corrected chi connectivity index (χ3v) is 9.52. The van der Waals surface area contributed by atoms with Crippen molar-refractivity contribution in [3.05, 3.63) is 157 Å². The lowest BCUT2D eigenvalue weighted by Gasteiger charge is -2.16. The Labute approximate surface area is 269 Å². The van der Waals surface area contributed by atoms with E-state index in [0.717, 1.165) is 66.5 Å². The van der Waals surface area contributed by atoms with Gasteiger partial charge in [-0.05, 0) is 66.2 Å². The highest BCUT2D eigenvalue weighted by molar-refractivity contribution is 6.27. The first-order valence-corrected chi connectivity index (χ1v) is 15.8. The molecule has 0 spiro atoms. The first-order valence-electron chi connectivity index (χ1n) is 15.8. The summed E-state index contributed by atoms with van der Waals surface area (Å²) in [5, 5.41) is 17.3. The van der Waals surface area contributed by atoms with Gasteiger partial charge >= 0.3 is 0 Å². The van der Waals surface area contributed by atoms with E-state index in [4.69, 9.17) is 4.42 Å². The number of rotatable bonds is 3. The van der Waals surface area contributed by atoms with Crippen molar-refractivity contribution < 1.29 is 4.42 Å². The van der Waals surface area contributed by atoms with Crippen molar-refractivity contribution in [3.8, 4) is 28.6 Å². The predicted molar refractivity (Wildman–Crippen MR) is 193 cm³/mol. The van der Waals surface area contributed by atoms with Crippen LogP contribution in [0.2, 0.25) is 0 Å². The molecule has 3 heterocycles.